The Balaban J connectivity index is 2.13. The Kier molecular flexibility index (Phi) is 3.13. The first kappa shape index (κ1) is 14.2. The maximum Gasteiger partial charge on any atom is 0.256 e. The Bertz CT molecular complexity index is 695. The van der Waals surface area contributed by atoms with E-state index in [-0.39, 0.29) is 22.9 Å². The molecule has 6 N–H and O–H groups in total. The van der Waals surface area contributed by atoms with Gasteiger partial charge in [0.15, 0.2) is 17.7 Å². The highest BCUT2D eigenvalue weighted by Gasteiger charge is 2.57. The van der Waals surface area contributed by atoms with E-state index in [0.29, 0.717) is 0 Å². The molecule has 11 heteroatoms. The van der Waals surface area contributed by atoms with Crippen molar-refractivity contribution in [2.45, 2.75) is 23.6 Å². The van der Waals surface area contributed by atoms with E-state index < -0.39 is 30.2 Å². The van der Waals surface area contributed by atoms with Crippen LogP contribution in [-0.2, 0) is 4.74 Å². The molecule has 3 rings (SSSR count). The molecule has 0 amide bonds. The molecule has 4 unspecified atom stereocenters. The molecule has 9 nitrogen and oxygen atoms in total. The topological polar surface area (TPSA) is 145 Å². The molecule has 0 radical (unpaired) electrons. The number of hydrogen-bond donors (Lipinski definition) is 4. The number of ether oxygens (including phenoxy) is 1. The van der Waals surface area contributed by atoms with Crippen LogP contribution < -0.4 is 11.5 Å². The fourth-order valence-corrected chi connectivity index (χ4v) is 2.54. The van der Waals surface area contributed by atoms with Crippen LogP contribution >= 0.6 is 11.6 Å². The Labute approximate surface area is 122 Å². The Morgan fingerprint density at radius 3 is 2.81 bits per heavy atom. The normalized spacial score (nSPS) is 32.9. The highest BCUT2D eigenvalue weighted by atomic mass is 35.5. The minimum absolute atomic E-state index is 0.0209. The van der Waals surface area contributed by atoms with Crippen molar-refractivity contribution in [1.82, 2.24) is 19.5 Å². The van der Waals surface area contributed by atoms with Gasteiger partial charge in [0, 0.05) is 0 Å². The molecule has 0 aromatic carbocycles. The first-order valence-electron chi connectivity index (χ1n) is 5.94. The number of alkyl halides is 2. The largest absolute Gasteiger partial charge is 0.394 e. The summed E-state index contributed by atoms with van der Waals surface area (Å²) in [5, 5.41) is 16.2. The van der Waals surface area contributed by atoms with Crippen molar-refractivity contribution in [2.75, 3.05) is 18.1 Å². The molecule has 2 aromatic rings. The van der Waals surface area contributed by atoms with Crippen LogP contribution in [0, 0.1) is 0 Å². The van der Waals surface area contributed by atoms with Crippen molar-refractivity contribution in [1.29, 1.82) is 0 Å². The van der Waals surface area contributed by atoms with Crippen LogP contribution in [0.25, 0.3) is 11.2 Å². The van der Waals surface area contributed by atoms with Crippen molar-refractivity contribution in [3.63, 3.8) is 0 Å². The van der Waals surface area contributed by atoms with Crippen molar-refractivity contribution in [3.05, 3.63) is 6.33 Å². The number of aliphatic hydroxyl groups is 2. The van der Waals surface area contributed by atoms with E-state index in [0.717, 1.165) is 4.57 Å². The van der Waals surface area contributed by atoms with Gasteiger partial charge in [0.25, 0.3) is 5.13 Å². The van der Waals surface area contributed by atoms with Gasteiger partial charge in [-0.2, -0.15) is 9.97 Å². The predicted octanol–water partition coefficient (Wildman–Crippen LogP) is -0.854. The van der Waals surface area contributed by atoms with Gasteiger partial charge < -0.3 is 26.4 Å². The van der Waals surface area contributed by atoms with Gasteiger partial charge in [-0.1, -0.05) is 11.6 Å². The number of imidazole rings is 1. The molecule has 0 saturated carbocycles. The van der Waals surface area contributed by atoms with E-state index in [1.165, 1.54) is 6.33 Å². The summed E-state index contributed by atoms with van der Waals surface area (Å²) in [6.07, 6.45) is -3.15. The molecule has 4 atom stereocenters. The number of nitrogens with two attached hydrogens (primary N) is 2. The molecule has 114 valence electrons. The molecule has 21 heavy (non-hydrogen) atoms. The Hall–Kier alpha value is -1.75. The molecular weight excluding hydrogens is 307 g/mol. The number of nitrogen functional groups attached to an aromatic ring is 2. The summed E-state index contributed by atoms with van der Waals surface area (Å²) >= 11 is 5.72. The van der Waals surface area contributed by atoms with E-state index in [4.69, 9.17) is 32.9 Å². The van der Waals surface area contributed by atoms with E-state index in [1.54, 1.807) is 0 Å². The van der Waals surface area contributed by atoms with Crippen LogP contribution in [0.15, 0.2) is 6.33 Å². The molecule has 1 saturated heterocycles. The Morgan fingerprint density at radius 2 is 2.19 bits per heavy atom. The summed E-state index contributed by atoms with van der Waals surface area (Å²) in [7, 11) is 0. The summed E-state index contributed by atoms with van der Waals surface area (Å²) in [6, 6.07) is 0. The number of halogens is 2. The molecule has 0 spiro atoms. The van der Waals surface area contributed by atoms with E-state index in [2.05, 4.69) is 15.0 Å². The smallest absolute Gasteiger partial charge is 0.256 e. The third-order valence-electron chi connectivity index (χ3n) is 3.28. The number of rotatable bonds is 2. The van der Waals surface area contributed by atoms with Crippen molar-refractivity contribution in [3.8, 4) is 0 Å². The minimum Gasteiger partial charge on any atom is -0.394 e. The first-order valence-corrected chi connectivity index (χ1v) is 6.31. The number of nitrogens with zero attached hydrogens (tertiary/aromatic N) is 4. The fourth-order valence-electron chi connectivity index (χ4n) is 2.25. The molecule has 0 aliphatic carbocycles. The van der Waals surface area contributed by atoms with Crippen LogP contribution in [0.5, 0.6) is 0 Å². The van der Waals surface area contributed by atoms with Gasteiger partial charge in [-0.3, -0.25) is 4.57 Å². The van der Waals surface area contributed by atoms with E-state index in [9.17, 15) is 9.50 Å². The van der Waals surface area contributed by atoms with Crippen molar-refractivity contribution < 1.29 is 19.3 Å². The maximum absolute atomic E-state index is 14.5. The second-order valence-corrected chi connectivity index (χ2v) is 5.20. The Morgan fingerprint density at radius 1 is 1.48 bits per heavy atom. The average Bonchev–Trinajstić information content (AvgIpc) is 2.91. The number of anilines is 2. The van der Waals surface area contributed by atoms with Crippen LogP contribution in [0.1, 0.15) is 6.23 Å². The number of aliphatic hydroxyl groups excluding tert-OH is 2. The lowest BCUT2D eigenvalue weighted by Crippen LogP contribution is -2.38. The van der Waals surface area contributed by atoms with Crippen LogP contribution in [0.3, 0.4) is 0 Å². The highest BCUT2D eigenvalue weighted by molar-refractivity contribution is 6.23. The van der Waals surface area contributed by atoms with Gasteiger partial charge in [-0.15, -0.1) is 0 Å². The van der Waals surface area contributed by atoms with Gasteiger partial charge in [-0.05, 0) is 0 Å². The van der Waals surface area contributed by atoms with Gasteiger partial charge in [0.1, 0.15) is 17.7 Å². The van der Waals surface area contributed by atoms with Gasteiger partial charge in [0.2, 0.25) is 5.95 Å². The average molecular weight is 319 g/mol. The molecule has 1 aliphatic heterocycles. The SMILES string of the molecule is Nc1nc(N)c2ncn(C3OC(CO)C(O)C3(F)Cl)c2n1. The summed E-state index contributed by atoms with van der Waals surface area (Å²) in [5.41, 5.74) is 11.5. The molecule has 0 bridgehead atoms. The van der Waals surface area contributed by atoms with E-state index in [1.807, 2.05) is 0 Å². The van der Waals surface area contributed by atoms with Gasteiger partial charge in [-0.25, -0.2) is 9.37 Å². The standard InChI is InChI=1S/C10H12ClFN6O3/c11-10(12)5(20)3(1-19)21-8(10)18-2-15-4-6(13)16-9(14)17-7(4)18/h2-3,5,8,19-20H,1H2,(H4,13,14,16,17). The predicted molar refractivity (Wildman–Crippen MR) is 70.8 cm³/mol. The number of aromatic nitrogens is 4. The fraction of sp³-hybridized carbons (Fsp3) is 0.500. The van der Waals surface area contributed by atoms with Gasteiger partial charge >= 0.3 is 0 Å². The highest BCUT2D eigenvalue weighted by Crippen LogP contribution is 2.45. The quantitative estimate of drug-likeness (QED) is 0.524. The molecule has 2 aromatic heterocycles. The van der Waals surface area contributed by atoms with Crippen molar-refractivity contribution in [2.24, 2.45) is 0 Å². The summed E-state index contributed by atoms with van der Waals surface area (Å²) in [4.78, 5) is 11.6. The lowest BCUT2D eigenvalue weighted by Gasteiger charge is -2.22. The zero-order valence-electron chi connectivity index (χ0n) is 10.5. The van der Waals surface area contributed by atoms with Crippen LogP contribution in [0.2, 0.25) is 0 Å². The van der Waals surface area contributed by atoms with Crippen LogP contribution in [0.4, 0.5) is 16.2 Å². The lowest BCUT2D eigenvalue weighted by atomic mass is 10.1. The zero-order chi connectivity index (χ0) is 15.4. The van der Waals surface area contributed by atoms with Crippen molar-refractivity contribution >= 4 is 34.5 Å². The summed E-state index contributed by atoms with van der Waals surface area (Å²) in [5.74, 6) is -0.106. The lowest BCUT2D eigenvalue weighted by molar-refractivity contribution is -0.0482. The second kappa shape index (κ2) is 4.63. The molecule has 1 aliphatic rings. The maximum atomic E-state index is 14.5. The molecule has 1 fully saturated rings. The second-order valence-electron chi connectivity index (χ2n) is 4.62. The minimum atomic E-state index is -2.67. The molecule has 3 heterocycles. The van der Waals surface area contributed by atoms with E-state index >= 15 is 0 Å². The monoisotopic (exact) mass is 318 g/mol. The first-order chi connectivity index (χ1) is 9.86. The molecular formula is C10H12ClFN6O3. The third kappa shape index (κ3) is 1.99. The van der Waals surface area contributed by atoms with Gasteiger partial charge in [0.05, 0.1) is 12.9 Å². The summed E-state index contributed by atoms with van der Waals surface area (Å²) in [6.45, 7) is -0.595. The van der Waals surface area contributed by atoms with Crippen LogP contribution in [-0.4, -0.2) is 53.7 Å². The summed E-state index contributed by atoms with van der Waals surface area (Å²) < 4.78 is 20.9. The number of hydrogen-bond acceptors (Lipinski definition) is 8. The number of fused-ring (bicyclic) bond motifs is 1. The third-order valence-corrected chi connectivity index (χ3v) is 3.69. The zero-order valence-corrected chi connectivity index (χ0v) is 11.3.